The molecule has 150 valence electrons. The van der Waals surface area contributed by atoms with E-state index in [-0.39, 0.29) is 11.7 Å². The summed E-state index contributed by atoms with van der Waals surface area (Å²) in [5.74, 6) is -0.419. The maximum atomic E-state index is 12.3. The number of benzene rings is 2. The first-order valence-electron chi connectivity index (χ1n) is 10.1. The lowest BCUT2D eigenvalue weighted by Gasteiger charge is -2.38. The Morgan fingerprint density at radius 3 is 2.52 bits per heavy atom. The zero-order valence-corrected chi connectivity index (χ0v) is 16.5. The first kappa shape index (κ1) is 18.2. The monoisotopic (exact) mass is 391 g/mol. The Balaban J connectivity index is 1.26. The van der Waals surface area contributed by atoms with Crippen molar-refractivity contribution in [1.82, 2.24) is 0 Å². The number of carbonyl (C=O) groups excluding carboxylic acids is 1. The number of hydrogen-bond acceptors (Lipinski definition) is 5. The van der Waals surface area contributed by atoms with Gasteiger partial charge in [-0.05, 0) is 42.8 Å². The highest BCUT2D eigenvalue weighted by Gasteiger charge is 2.39. The molecule has 0 radical (unpaired) electrons. The average molecular weight is 391 g/mol. The van der Waals surface area contributed by atoms with E-state index in [4.69, 9.17) is 9.47 Å². The molecule has 0 unspecified atom stereocenters. The van der Waals surface area contributed by atoms with Crippen molar-refractivity contribution in [2.45, 2.75) is 25.6 Å². The number of fused-ring (bicyclic) bond motifs is 1. The van der Waals surface area contributed by atoms with Crippen LogP contribution in [-0.4, -0.2) is 38.0 Å². The zero-order valence-electron chi connectivity index (χ0n) is 16.5. The van der Waals surface area contributed by atoms with Crippen molar-refractivity contribution in [3.05, 3.63) is 59.8 Å². The summed E-state index contributed by atoms with van der Waals surface area (Å²) in [5, 5.41) is 6.20. The van der Waals surface area contributed by atoms with Gasteiger partial charge >= 0.3 is 0 Å². The van der Waals surface area contributed by atoms with E-state index in [0.29, 0.717) is 18.8 Å². The third kappa shape index (κ3) is 3.39. The second kappa shape index (κ2) is 7.21. The fourth-order valence-electron chi connectivity index (χ4n) is 4.39. The molecule has 1 amide bonds. The van der Waals surface area contributed by atoms with Crippen LogP contribution in [0.25, 0.3) is 5.57 Å². The molecule has 6 nitrogen and oxygen atoms in total. The summed E-state index contributed by atoms with van der Waals surface area (Å²) in [4.78, 5) is 14.7. The summed E-state index contributed by atoms with van der Waals surface area (Å²) >= 11 is 0. The molecule has 6 heteroatoms. The van der Waals surface area contributed by atoms with Gasteiger partial charge in [-0.25, -0.2) is 0 Å². The van der Waals surface area contributed by atoms with Crippen molar-refractivity contribution in [1.29, 1.82) is 0 Å². The molecule has 0 saturated carbocycles. The van der Waals surface area contributed by atoms with Crippen LogP contribution in [0.5, 0.6) is 0 Å². The molecular formula is C23H25N3O3. The van der Waals surface area contributed by atoms with E-state index in [9.17, 15) is 4.79 Å². The fraction of sp³-hybridized carbons (Fsp3) is 0.348. The van der Waals surface area contributed by atoms with E-state index in [1.165, 1.54) is 5.69 Å². The number of amides is 1. The lowest BCUT2D eigenvalue weighted by atomic mass is 10.0. The lowest BCUT2D eigenvalue weighted by molar-refractivity contribution is -0.169. The van der Waals surface area contributed by atoms with Crippen LogP contribution in [0.15, 0.2) is 48.7 Å². The maximum absolute atomic E-state index is 12.3. The van der Waals surface area contributed by atoms with Crippen LogP contribution in [0.2, 0.25) is 0 Å². The number of nitrogens with zero attached hydrogens (tertiary/aromatic N) is 1. The molecule has 3 heterocycles. The summed E-state index contributed by atoms with van der Waals surface area (Å²) in [5.41, 5.74) is 5.74. The number of rotatable bonds is 3. The van der Waals surface area contributed by atoms with Gasteiger partial charge in [0.25, 0.3) is 5.91 Å². The predicted molar refractivity (Wildman–Crippen MR) is 114 cm³/mol. The smallest absolute Gasteiger partial charge is 0.257 e. The number of anilines is 3. The van der Waals surface area contributed by atoms with Crippen LogP contribution < -0.4 is 15.5 Å². The van der Waals surface area contributed by atoms with Crippen LogP contribution in [0.3, 0.4) is 0 Å². The van der Waals surface area contributed by atoms with Gasteiger partial charge < -0.3 is 25.0 Å². The molecule has 2 aromatic carbocycles. The van der Waals surface area contributed by atoms with Crippen LogP contribution in [-0.2, 0) is 14.3 Å². The van der Waals surface area contributed by atoms with Gasteiger partial charge in [0, 0.05) is 54.8 Å². The minimum atomic E-state index is -0.347. The van der Waals surface area contributed by atoms with E-state index in [2.05, 4.69) is 27.7 Å². The molecule has 2 aromatic rings. The first-order chi connectivity index (χ1) is 14.1. The molecule has 0 aromatic heterocycles. The molecule has 2 saturated heterocycles. The van der Waals surface area contributed by atoms with Gasteiger partial charge in [-0.3, -0.25) is 4.79 Å². The van der Waals surface area contributed by atoms with Gasteiger partial charge in [0.15, 0.2) is 5.79 Å². The van der Waals surface area contributed by atoms with E-state index in [1.54, 1.807) is 6.20 Å². The number of aryl methyl sites for hydroxylation is 1. The van der Waals surface area contributed by atoms with Gasteiger partial charge in [-0.1, -0.05) is 12.1 Å². The van der Waals surface area contributed by atoms with Gasteiger partial charge in [-0.2, -0.15) is 0 Å². The van der Waals surface area contributed by atoms with Crippen molar-refractivity contribution in [3.63, 3.8) is 0 Å². The van der Waals surface area contributed by atoms with Gasteiger partial charge in [0.2, 0.25) is 0 Å². The van der Waals surface area contributed by atoms with E-state index < -0.39 is 0 Å². The zero-order chi connectivity index (χ0) is 19.8. The third-order valence-electron chi connectivity index (χ3n) is 5.99. The first-order valence-corrected chi connectivity index (χ1v) is 10.1. The van der Waals surface area contributed by atoms with Gasteiger partial charge in [0.05, 0.1) is 18.8 Å². The van der Waals surface area contributed by atoms with Crippen LogP contribution >= 0.6 is 0 Å². The standard InChI is InChI=1S/C23H25N3O3/c1-16-3-2-4-20-21(16)19(22(27)25-20)15-24-17-5-7-18(8-6-17)26-11-9-23(10-12-26)28-13-14-29-23/h2-8,15,24H,9-14H2,1H3,(H,25,27)/b19-15+. The minimum Gasteiger partial charge on any atom is -0.371 e. The third-order valence-corrected chi connectivity index (χ3v) is 5.99. The summed E-state index contributed by atoms with van der Waals surface area (Å²) < 4.78 is 11.6. The SMILES string of the molecule is Cc1cccc2c1/C(=C\Nc1ccc(N3CCC4(CC3)OCCO4)cc1)C(=O)N2. The fourth-order valence-corrected chi connectivity index (χ4v) is 4.39. The van der Waals surface area contributed by atoms with E-state index in [1.807, 2.05) is 37.3 Å². The summed E-state index contributed by atoms with van der Waals surface area (Å²) in [6.07, 6.45) is 3.59. The van der Waals surface area contributed by atoms with Gasteiger partial charge in [0.1, 0.15) is 0 Å². The molecule has 29 heavy (non-hydrogen) atoms. The van der Waals surface area contributed by atoms with Crippen molar-refractivity contribution >= 4 is 28.5 Å². The van der Waals surface area contributed by atoms with Crippen LogP contribution in [0.1, 0.15) is 24.0 Å². The Hall–Kier alpha value is -2.83. The van der Waals surface area contributed by atoms with E-state index in [0.717, 1.165) is 48.4 Å². The van der Waals surface area contributed by atoms with Crippen molar-refractivity contribution in [2.24, 2.45) is 0 Å². The largest absolute Gasteiger partial charge is 0.371 e. The molecule has 2 fully saturated rings. The van der Waals surface area contributed by atoms with Crippen molar-refractivity contribution < 1.29 is 14.3 Å². The molecule has 0 atom stereocenters. The van der Waals surface area contributed by atoms with Crippen molar-refractivity contribution in [2.75, 3.05) is 41.8 Å². The molecule has 5 rings (SSSR count). The highest BCUT2D eigenvalue weighted by atomic mass is 16.7. The summed E-state index contributed by atoms with van der Waals surface area (Å²) in [6, 6.07) is 14.2. The minimum absolute atomic E-state index is 0.0722. The van der Waals surface area contributed by atoms with E-state index >= 15 is 0 Å². The second-order valence-corrected chi connectivity index (χ2v) is 7.80. The Kier molecular flexibility index (Phi) is 4.53. The number of nitrogens with one attached hydrogen (secondary N) is 2. The van der Waals surface area contributed by atoms with Crippen LogP contribution in [0.4, 0.5) is 17.1 Å². The number of hydrogen-bond donors (Lipinski definition) is 2. The number of ether oxygens (including phenoxy) is 2. The maximum Gasteiger partial charge on any atom is 0.257 e. The predicted octanol–water partition coefficient (Wildman–Crippen LogP) is 3.74. The quantitative estimate of drug-likeness (QED) is 0.781. The molecule has 0 bridgehead atoms. The van der Waals surface area contributed by atoms with Crippen molar-refractivity contribution in [3.8, 4) is 0 Å². The Labute approximate surface area is 170 Å². The Morgan fingerprint density at radius 1 is 1.07 bits per heavy atom. The molecule has 0 aliphatic carbocycles. The number of carbonyl (C=O) groups is 1. The molecule has 2 N–H and O–H groups in total. The number of piperidine rings is 1. The highest BCUT2D eigenvalue weighted by Crippen LogP contribution is 2.35. The van der Waals surface area contributed by atoms with Crippen LogP contribution in [0, 0.1) is 6.92 Å². The molecule has 1 spiro atoms. The second-order valence-electron chi connectivity index (χ2n) is 7.80. The Bertz CT molecular complexity index is 952. The lowest BCUT2D eigenvalue weighted by Crippen LogP contribution is -2.45. The highest BCUT2D eigenvalue weighted by molar-refractivity contribution is 6.32. The van der Waals surface area contributed by atoms with Gasteiger partial charge in [-0.15, -0.1) is 0 Å². The Morgan fingerprint density at radius 2 is 1.79 bits per heavy atom. The average Bonchev–Trinajstić information content (AvgIpc) is 3.32. The molecule has 3 aliphatic rings. The summed E-state index contributed by atoms with van der Waals surface area (Å²) in [7, 11) is 0. The summed E-state index contributed by atoms with van der Waals surface area (Å²) in [6.45, 7) is 5.28. The molecule has 3 aliphatic heterocycles. The topological polar surface area (TPSA) is 62.8 Å². The normalized spacial score (nSPS) is 21.5. The molecular weight excluding hydrogens is 366 g/mol.